The van der Waals surface area contributed by atoms with Crippen LogP contribution in [0, 0.1) is 0 Å². The van der Waals surface area contributed by atoms with Crippen LogP contribution in [0.15, 0.2) is 59.1 Å². The number of carbonyl (C=O) groups excluding carboxylic acids is 1. The number of hydrogen-bond acceptors (Lipinski definition) is 4. The molecular formula is C20H18N2O3. The Morgan fingerprint density at radius 2 is 1.68 bits per heavy atom. The number of rotatable bonds is 4. The predicted octanol–water partition coefficient (Wildman–Crippen LogP) is 4.60. The largest absolute Gasteiger partial charge is 0.457 e. The number of hydrogen-bond donors (Lipinski definition) is 1. The van der Waals surface area contributed by atoms with Crippen LogP contribution in [0.4, 0.5) is 5.88 Å². The van der Waals surface area contributed by atoms with Crippen LogP contribution in [-0.4, -0.2) is 11.1 Å². The van der Waals surface area contributed by atoms with E-state index in [0.29, 0.717) is 17.2 Å². The third-order valence-corrected chi connectivity index (χ3v) is 4.28. The van der Waals surface area contributed by atoms with Crippen molar-refractivity contribution in [3.8, 4) is 11.5 Å². The first-order valence-electron chi connectivity index (χ1n) is 8.41. The molecule has 1 aliphatic rings. The molecule has 1 heterocycles. The molecule has 0 saturated heterocycles. The summed E-state index contributed by atoms with van der Waals surface area (Å²) >= 11 is 0. The molecule has 0 bridgehead atoms. The molecule has 1 aromatic heterocycles. The van der Waals surface area contributed by atoms with Crippen molar-refractivity contribution in [1.29, 1.82) is 0 Å². The van der Waals surface area contributed by atoms with Gasteiger partial charge in [-0.3, -0.25) is 10.1 Å². The lowest BCUT2D eigenvalue weighted by molar-refractivity contribution is 0.102. The number of nitrogens with one attached hydrogen (secondary N) is 1. The SMILES string of the molecule is O=C(Nc1onc2c1CCCC2)c1ccc(Oc2ccccc2)cc1. The summed E-state index contributed by atoms with van der Waals surface area (Å²) in [5.41, 5.74) is 2.54. The minimum Gasteiger partial charge on any atom is -0.457 e. The molecule has 0 spiro atoms. The van der Waals surface area contributed by atoms with E-state index in [1.54, 1.807) is 24.3 Å². The number of ether oxygens (including phenoxy) is 1. The highest BCUT2D eigenvalue weighted by molar-refractivity contribution is 6.04. The van der Waals surface area contributed by atoms with Gasteiger partial charge < -0.3 is 9.26 Å². The predicted molar refractivity (Wildman–Crippen MR) is 94.1 cm³/mol. The lowest BCUT2D eigenvalue weighted by Gasteiger charge is -2.10. The Labute approximate surface area is 145 Å². The van der Waals surface area contributed by atoms with Crippen molar-refractivity contribution in [2.75, 3.05) is 5.32 Å². The van der Waals surface area contributed by atoms with E-state index in [1.165, 1.54) is 0 Å². The molecule has 1 N–H and O–H groups in total. The molecule has 0 radical (unpaired) electrons. The van der Waals surface area contributed by atoms with Gasteiger partial charge in [-0.2, -0.15) is 0 Å². The van der Waals surface area contributed by atoms with Crippen LogP contribution in [0.3, 0.4) is 0 Å². The van der Waals surface area contributed by atoms with Crippen LogP contribution < -0.4 is 10.1 Å². The van der Waals surface area contributed by atoms with Crippen molar-refractivity contribution >= 4 is 11.8 Å². The summed E-state index contributed by atoms with van der Waals surface area (Å²) in [6.07, 6.45) is 4.04. The standard InChI is InChI=1S/C20H18N2O3/c23-19(21-20-17-8-4-5-9-18(17)22-25-20)14-10-12-16(13-11-14)24-15-6-2-1-3-7-15/h1-3,6-7,10-13H,4-5,8-9H2,(H,21,23). The molecule has 4 rings (SSSR count). The van der Waals surface area contributed by atoms with Gasteiger partial charge in [0.25, 0.3) is 5.91 Å². The maximum Gasteiger partial charge on any atom is 0.258 e. The molecule has 0 aliphatic heterocycles. The van der Waals surface area contributed by atoms with Gasteiger partial charge in [-0.1, -0.05) is 23.4 Å². The maximum absolute atomic E-state index is 12.4. The number of aryl methyl sites for hydroxylation is 1. The van der Waals surface area contributed by atoms with E-state index < -0.39 is 0 Å². The minimum atomic E-state index is -0.212. The number of benzene rings is 2. The first-order chi connectivity index (χ1) is 12.3. The van der Waals surface area contributed by atoms with E-state index in [1.807, 2.05) is 30.3 Å². The highest BCUT2D eigenvalue weighted by Crippen LogP contribution is 2.28. The van der Waals surface area contributed by atoms with E-state index in [-0.39, 0.29) is 5.91 Å². The molecule has 0 saturated carbocycles. The number of aromatic nitrogens is 1. The second-order valence-electron chi connectivity index (χ2n) is 6.04. The van der Waals surface area contributed by atoms with E-state index in [9.17, 15) is 4.79 Å². The van der Waals surface area contributed by atoms with Gasteiger partial charge in [0.2, 0.25) is 5.88 Å². The molecule has 1 amide bonds. The van der Waals surface area contributed by atoms with E-state index in [2.05, 4.69) is 10.5 Å². The van der Waals surface area contributed by atoms with Gasteiger partial charge in [-0.15, -0.1) is 0 Å². The van der Waals surface area contributed by atoms with Crippen LogP contribution in [0.5, 0.6) is 11.5 Å². The molecule has 3 aromatic rings. The fourth-order valence-electron chi connectivity index (χ4n) is 2.96. The van der Waals surface area contributed by atoms with E-state index in [4.69, 9.17) is 9.26 Å². The number of carbonyl (C=O) groups is 1. The smallest absolute Gasteiger partial charge is 0.258 e. The number of amides is 1. The van der Waals surface area contributed by atoms with Crippen LogP contribution in [0.1, 0.15) is 34.5 Å². The molecule has 0 atom stereocenters. The van der Waals surface area contributed by atoms with Crippen molar-refractivity contribution < 1.29 is 14.1 Å². The first-order valence-corrected chi connectivity index (χ1v) is 8.41. The Morgan fingerprint density at radius 3 is 2.48 bits per heavy atom. The third-order valence-electron chi connectivity index (χ3n) is 4.28. The number of nitrogens with zero attached hydrogens (tertiary/aromatic N) is 1. The molecular weight excluding hydrogens is 316 g/mol. The zero-order valence-corrected chi connectivity index (χ0v) is 13.7. The Hall–Kier alpha value is -3.08. The Balaban J connectivity index is 1.45. The highest BCUT2D eigenvalue weighted by atomic mass is 16.5. The van der Waals surface area contributed by atoms with Gasteiger partial charge in [-0.05, 0) is 62.1 Å². The van der Waals surface area contributed by atoms with Gasteiger partial charge in [0.15, 0.2) is 0 Å². The lowest BCUT2D eigenvalue weighted by Crippen LogP contribution is -2.13. The summed E-state index contributed by atoms with van der Waals surface area (Å²) in [7, 11) is 0. The minimum absolute atomic E-state index is 0.212. The second-order valence-corrected chi connectivity index (χ2v) is 6.04. The summed E-state index contributed by atoms with van der Waals surface area (Å²) in [5, 5.41) is 6.88. The average molecular weight is 334 g/mol. The summed E-state index contributed by atoms with van der Waals surface area (Å²) in [6.45, 7) is 0. The Morgan fingerprint density at radius 1 is 0.960 bits per heavy atom. The van der Waals surface area contributed by atoms with Gasteiger partial charge in [-0.25, -0.2) is 0 Å². The molecule has 5 nitrogen and oxygen atoms in total. The molecule has 2 aromatic carbocycles. The van der Waals surface area contributed by atoms with E-state index in [0.717, 1.165) is 42.7 Å². The van der Waals surface area contributed by atoms with Crippen LogP contribution >= 0.6 is 0 Å². The van der Waals surface area contributed by atoms with Crippen LogP contribution in [-0.2, 0) is 12.8 Å². The van der Waals surface area contributed by atoms with Crippen molar-refractivity contribution in [2.45, 2.75) is 25.7 Å². The average Bonchev–Trinajstić information content (AvgIpc) is 3.06. The van der Waals surface area contributed by atoms with Crippen LogP contribution in [0.2, 0.25) is 0 Å². The van der Waals surface area contributed by atoms with E-state index >= 15 is 0 Å². The molecule has 0 unspecified atom stereocenters. The lowest BCUT2D eigenvalue weighted by atomic mass is 9.97. The maximum atomic E-state index is 12.4. The highest BCUT2D eigenvalue weighted by Gasteiger charge is 2.21. The van der Waals surface area contributed by atoms with Gasteiger partial charge >= 0.3 is 0 Å². The molecule has 5 heteroatoms. The topological polar surface area (TPSA) is 64.4 Å². The molecule has 1 aliphatic carbocycles. The Kier molecular flexibility index (Phi) is 4.21. The zero-order valence-electron chi connectivity index (χ0n) is 13.7. The van der Waals surface area contributed by atoms with Crippen molar-refractivity contribution in [3.63, 3.8) is 0 Å². The monoisotopic (exact) mass is 334 g/mol. The summed E-state index contributed by atoms with van der Waals surface area (Å²) in [4.78, 5) is 12.4. The zero-order chi connectivity index (χ0) is 17.1. The quantitative estimate of drug-likeness (QED) is 0.757. The van der Waals surface area contributed by atoms with Gasteiger partial charge in [0, 0.05) is 11.1 Å². The van der Waals surface area contributed by atoms with Crippen LogP contribution in [0.25, 0.3) is 0 Å². The summed E-state index contributed by atoms with van der Waals surface area (Å²) in [5.74, 6) is 1.70. The second kappa shape index (κ2) is 6.81. The molecule has 25 heavy (non-hydrogen) atoms. The van der Waals surface area contributed by atoms with Crippen molar-refractivity contribution in [2.24, 2.45) is 0 Å². The number of para-hydroxylation sites is 1. The Bertz CT molecular complexity index is 870. The van der Waals surface area contributed by atoms with Crippen molar-refractivity contribution in [1.82, 2.24) is 5.16 Å². The van der Waals surface area contributed by atoms with Crippen molar-refractivity contribution in [3.05, 3.63) is 71.4 Å². The number of anilines is 1. The normalized spacial score (nSPS) is 13.1. The molecule has 126 valence electrons. The fraction of sp³-hybridized carbons (Fsp3) is 0.200. The number of fused-ring (bicyclic) bond motifs is 1. The fourth-order valence-corrected chi connectivity index (χ4v) is 2.96. The first kappa shape index (κ1) is 15.4. The summed E-state index contributed by atoms with van der Waals surface area (Å²) < 4.78 is 11.0. The third kappa shape index (κ3) is 3.40. The summed E-state index contributed by atoms with van der Waals surface area (Å²) in [6, 6.07) is 16.5. The molecule has 0 fully saturated rings. The van der Waals surface area contributed by atoms with Gasteiger partial charge in [0.1, 0.15) is 11.5 Å². The van der Waals surface area contributed by atoms with Gasteiger partial charge in [0.05, 0.1) is 5.69 Å².